The molecule has 0 saturated heterocycles. The van der Waals surface area contributed by atoms with Crippen LogP contribution in [0.5, 0.6) is 0 Å². The average Bonchev–Trinajstić information content (AvgIpc) is 3.30. The summed E-state index contributed by atoms with van der Waals surface area (Å²) < 4.78 is 2.90. The number of para-hydroxylation sites is 1. The predicted octanol–water partition coefficient (Wildman–Crippen LogP) is 3.67. The van der Waals surface area contributed by atoms with E-state index in [1.807, 2.05) is 27.2 Å². The van der Waals surface area contributed by atoms with E-state index in [0.29, 0.717) is 12.2 Å². The number of carbonyl (C=O) groups is 1. The van der Waals surface area contributed by atoms with E-state index in [4.69, 9.17) is 4.98 Å². The molecule has 0 saturated carbocycles. The molecule has 0 spiro atoms. The summed E-state index contributed by atoms with van der Waals surface area (Å²) >= 11 is 1.58. The lowest BCUT2D eigenvalue weighted by molar-refractivity contribution is 0.0980. The topological polar surface area (TPSA) is 54.3 Å². The number of nitrogens with zero attached hydrogens (tertiary/aromatic N) is 5. The number of hydrogen-bond acceptors (Lipinski definition) is 5. The molecular formula is C20H27N5OS. The number of anilines is 1. The van der Waals surface area contributed by atoms with Crippen LogP contribution in [-0.4, -0.2) is 52.8 Å². The van der Waals surface area contributed by atoms with Crippen molar-refractivity contribution >= 4 is 32.6 Å². The van der Waals surface area contributed by atoms with E-state index < -0.39 is 0 Å². The van der Waals surface area contributed by atoms with Gasteiger partial charge in [-0.1, -0.05) is 30.4 Å². The summed E-state index contributed by atoms with van der Waals surface area (Å²) in [5, 5.41) is 5.15. The molecule has 0 aliphatic rings. The standard InChI is InChI=1S/C20H27N5OS/c1-5-15-9-7-10-17-18(15)21-20(27-17)25(13-8-12-23(3)4)19(26)16-11-14-24(6-2)22-16/h7,9-11,14H,5-6,8,12-13H2,1-4H3. The number of fused-ring (bicyclic) bond motifs is 1. The maximum Gasteiger partial charge on any atom is 0.280 e. The van der Waals surface area contributed by atoms with Crippen LogP contribution in [0.25, 0.3) is 10.2 Å². The fourth-order valence-corrected chi connectivity index (χ4v) is 4.05. The largest absolute Gasteiger partial charge is 0.309 e. The number of thiazole rings is 1. The lowest BCUT2D eigenvalue weighted by Gasteiger charge is -2.20. The van der Waals surface area contributed by atoms with Gasteiger partial charge in [0.25, 0.3) is 5.91 Å². The molecule has 3 rings (SSSR count). The molecule has 0 fully saturated rings. The van der Waals surface area contributed by atoms with Gasteiger partial charge in [0.15, 0.2) is 10.8 Å². The molecule has 0 bridgehead atoms. The minimum Gasteiger partial charge on any atom is -0.309 e. The quantitative estimate of drug-likeness (QED) is 0.594. The Kier molecular flexibility index (Phi) is 6.23. The molecule has 27 heavy (non-hydrogen) atoms. The summed E-state index contributed by atoms with van der Waals surface area (Å²) in [5.74, 6) is -0.0851. The molecule has 2 aromatic heterocycles. The van der Waals surface area contributed by atoms with Gasteiger partial charge in [-0.25, -0.2) is 4.98 Å². The molecular weight excluding hydrogens is 358 g/mol. The molecule has 0 aliphatic carbocycles. The number of aromatic nitrogens is 3. The molecule has 0 aliphatic heterocycles. The van der Waals surface area contributed by atoms with Crippen molar-refractivity contribution in [2.75, 3.05) is 32.1 Å². The monoisotopic (exact) mass is 385 g/mol. The van der Waals surface area contributed by atoms with Crippen molar-refractivity contribution in [1.82, 2.24) is 19.7 Å². The van der Waals surface area contributed by atoms with Crippen LogP contribution in [0.1, 0.15) is 36.3 Å². The third kappa shape index (κ3) is 4.36. The van der Waals surface area contributed by atoms with Crippen molar-refractivity contribution in [3.05, 3.63) is 41.7 Å². The van der Waals surface area contributed by atoms with E-state index in [2.05, 4.69) is 35.1 Å². The third-order valence-corrected chi connectivity index (χ3v) is 5.56. The summed E-state index contributed by atoms with van der Waals surface area (Å²) in [6.45, 7) is 6.42. The van der Waals surface area contributed by atoms with Crippen LogP contribution < -0.4 is 4.90 Å². The first kappa shape index (κ1) is 19.5. The van der Waals surface area contributed by atoms with Crippen molar-refractivity contribution < 1.29 is 4.79 Å². The van der Waals surface area contributed by atoms with Crippen LogP contribution in [0, 0.1) is 0 Å². The van der Waals surface area contributed by atoms with Crippen molar-refractivity contribution in [2.45, 2.75) is 33.2 Å². The zero-order valence-corrected chi connectivity index (χ0v) is 17.3. The van der Waals surface area contributed by atoms with Crippen molar-refractivity contribution in [3.63, 3.8) is 0 Å². The molecule has 2 heterocycles. The highest BCUT2D eigenvalue weighted by Crippen LogP contribution is 2.31. The number of hydrogen-bond donors (Lipinski definition) is 0. The molecule has 0 N–H and O–H groups in total. The molecule has 1 aromatic carbocycles. The second-order valence-corrected chi connectivity index (χ2v) is 7.79. The first-order valence-corrected chi connectivity index (χ1v) is 10.2. The summed E-state index contributed by atoms with van der Waals surface area (Å²) in [4.78, 5) is 21.9. The van der Waals surface area contributed by atoms with Crippen molar-refractivity contribution in [3.8, 4) is 0 Å². The van der Waals surface area contributed by atoms with Gasteiger partial charge in [-0.05, 0) is 58.1 Å². The minimum atomic E-state index is -0.0851. The van der Waals surface area contributed by atoms with Gasteiger partial charge in [-0.2, -0.15) is 5.10 Å². The van der Waals surface area contributed by atoms with Gasteiger partial charge in [0.2, 0.25) is 0 Å². The van der Waals surface area contributed by atoms with Gasteiger partial charge in [-0.15, -0.1) is 0 Å². The number of carbonyl (C=O) groups excluding carboxylic acids is 1. The first-order valence-electron chi connectivity index (χ1n) is 9.42. The van der Waals surface area contributed by atoms with E-state index >= 15 is 0 Å². The van der Waals surface area contributed by atoms with E-state index in [0.717, 1.165) is 41.3 Å². The van der Waals surface area contributed by atoms with E-state index in [-0.39, 0.29) is 5.91 Å². The molecule has 6 nitrogen and oxygen atoms in total. The first-order chi connectivity index (χ1) is 13.0. The number of rotatable bonds is 8. The summed E-state index contributed by atoms with van der Waals surface area (Å²) in [6.07, 6.45) is 3.65. The van der Waals surface area contributed by atoms with Crippen molar-refractivity contribution in [1.29, 1.82) is 0 Å². The van der Waals surface area contributed by atoms with Crippen LogP contribution in [0.15, 0.2) is 30.5 Å². The third-order valence-electron chi connectivity index (χ3n) is 4.52. The van der Waals surface area contributed by atoms with Gasteiger partial charge < -0.3 is 4.90 Å². The summed E-state index contributed by atoms with van der Waals surface area (Å²) in [7, 11) is 4.08. The highest BCUT2D eigenvalue weighted by molar-refractivity contribution is 7.22. The van der Waals surface area contributed by atoms with Gasteiger partial charge in [0, 0.05) is 19.3 Å². The predicted molar refractivity (Wildman–Crippen MR) is 112 cm³/mol. The Morgan fingerprint density at radius 1 is 1.19 bits per heavy atom. The van der Waals surface area contributed by atoms with Gasteiger partial charge in [0.05, 0.1) is 10.2 Å². The smallest absolute Gasteiger partial charge is 0.280 e. The summed E-state index contributed by atoms with van der Waals surface area (Å²) in [6, 6.07) is 8.02. The molecule has 7 heteroatoms. The Bertz CT molecular complexity index is 914. The Labute approximate surface area is 164 Å². The fourth-order valence-electron chi connectivity index (χ4n) is 3.01. The van der Waals surface area contributed by atoms with E-state index in [1.54, 1.807) is 27.0 Å². The minimum absolute atomic E-state index is 0.0851. The van der Waals surface area contributed by atoms with Gasteiger partial charge in [0.1, 0.15) is 0 Å². The van der Waals surface area contributed by atoms with Gasteiger partial charge >= 0.3 is 0 Å². The second-order valence-electron chi connectivity index (χ2n) is 6.78. The van der Waals surface area contributed by atoms with Crippen LogP contribution >= 0.6 is 11.3 Å². The van der Waals surface area contributed by atoms with Crippen LogP contribution in [0.2, 0.25) is 0 Å². The zero-order chi connectivity index (χ0) is 19.4. The van der Waals surface area contributed by atoms with Crippen LogP contribution in [-0.2, 0) is 13.0 Å². The Balaban J connectivity index is 1.94. The second kappa shape index (κ2) is 8.63. The lowest BCUT2D eigenvalue weighted by Crippen LogP contribution is -2.33. The number of benzene rings is 1. The Hall–Kier alpha value is -2.25. The van der Waals surface area contributed by atoms with Crippen molar-refractivity contribution in [2.24, 2.45) is 0 Å². The Morgan fingerprint density at radius 3 is 2.67 bits per heavy atom. The number of aryl methyl sites for hydroxylation is 2. The molecule has 3 aromatic rings. The van der Waals surface area contributed by atoms with E-state index in [9.17, 15) is 4.79 Å². The maximum atomic E-state index is 13.2. The highest BCUT2D eigenvalue weighted by atomic mass is 32.1. The van der Waals surface area contributed by atoms with Crippen LogP contribution in [0.4, 0.5) is 5.13 Å². The molecule has 144 valence electrons. The van der Waals surface area contributed by atoms with Crippen LogP contribution in [0.3, 0.4) is 0 Å². The SMILES string of the molecule is CCc1cccc2sc(N(CCCN(C)C)C(=O)c3ccn(CC)n3)nc12. The fraction of sp³-hybridized carbons (Fsp3) is 0.450. The molecule has 0 atom stereocenters. The zero-order valence-electron chi connectivity index (χ0n) is 16.5. The molecule has 0 unspecified atom stereocenters. The summed E-state index contributed by atoms with van der Waals surface area (Å²) in [5.41, 5.74) is 2.69. The van der Waals surface area contributed by atoms with E-state index in [1.165, 1.54) is 5.56 Å². The Morgan fingerprint density at radius 2 is 2.00 bits per heavy atom. The average molecular weight is 386 g/mol. The number of amides is 1. The highest BCUT2D eigenvalue weighted by Gasteiger charge is 2.23. The van der Waals surface area contributed by atoms with Gasteiger partial charge in [-0.3, -0.25) is 14.4 Å². The molecule has 1 amide bonds. The molecule has 0 radical (unpaired) electrons. The maximum absolute atomic E-state index is 13.2. The lowest BCUT2D eigenvalue weighted by atomic mass is 10.1. The normalized spacial score (nSPS) is 11.4.